The number of aldehydes is 1. The van der Waals surface area contributed by atoms with Gasteiger partial charge in [-0.25, -0.2) is 4.79 Å². The molecule has 1 aromatic rings. The highest BCUT2D eigenvalue weighted by Crippen LogP contribution is 2.38. The second kappa shape index (κ2) is 6.25. The van der Waals surface area contributed by atoms with Crippen molar-refractivity contribution in [1.82, 2.24) is 0 Å². The fourth-order valence-electron chi connectivity index (χ4n) is 1.71. The number of rotatable bonds is 4. The van der Waals surface area contributed by atoms with Crippen LogP contribution in [0.1, 0.15) is 40.2 Å². The van der Waals surface area contributed by atoms with Crippen LogP contribution in [0, 0.1) is 0 Å². The summed E-state index contributed by atoms with van der Waals surface area (Å²) in [5.41, 5.74) is -0.726. The van der Waals surface area contributed by atoms with Crippen LogP contribution in [0.3, 0.4) is 0 Å². The molecule has 6 heteroatoms. The molecule has 0 aromatic heterocycles. The standard InChI is InChI=1S/C16H23NO5/c1-15(2,3)22-14(20)17-11-7-10(16(4,5)9-18)8-12(21-6)13(11)19/h7-9,19H,1-6H3,(H,17,20). The number of phenols is 1. The molecule has 0 radical (unpaired) electrons. The molecule has 0 saturated carbocycles. The highest BCUT2D eigenvalue weighted by atomic mass is 16.6. The molecule has 0 saturated heterocycles. The Bertz CT molecular complexity index is 573. The van der Waals surface area contributed by atoms with Crippen LogP contribution in [0.25, 0.3) is 0 Å². The van der Waals surface area contributed by atoms with Crippen LogP contribution in [-0.2, 0) is 14.9 Å². The highest BCUT2D eigenvalue weighted by molar-refractivity contribution is 5.88. The Morgan fingerprint density at radius 2 is 1.82 bits per heavy atom. The summed E-state index contributed by atoms with van der Waals surface area (Å²) in [5, 5.41) is 12.6. The van der Waals surface area contributed by atoms with Gasteiger partial charge in [-0.05, 0) is 52.3 Å². The van der Waals surface area contributed by atoms with Gasteiger partial charge < -0.3 is 19.4 Å². The number of hydrogen-bond acceptors (Lipinski definition) is 5. The van der Waals surface area contributed by atoms with Crippen molar-refractivity contribution in [3.8, 4) is 11.5 Å². The van der Waals surface area contributed by atoms with Gasteiger partial charge in [0.15, 0.2) is 11.5 Å². The Kier molecular flexibility index (Phi) is 5.06. The first-order chi connectivity index (χ1) is 10.00. The van der Waals surface area contributed by atoms with E-state index < -0.39 is 17.1 Å². The molecule has 6 nitrogen and oxygen atoms in total. The van der Waals surface area contributed by atoms with E-state index in [9.17, 15) is 14.7 Å². The number of carbonyl (C=O) groups excluding carboxylic acids is 2. The van der Waals surface area contributed by atoms with Gasteiger partial charge in [-0.2, -0.15) is 0 Å². The van der Waals surface area contributed by atoms with E-state index in [2.05, 4.69) is 5.32 Å². The average molecular weight is 309 g/mol. The quantitative estimate of drug-likeness (QED) is 0.659. The van der Waals surface area contributed by atoms with Crippen molar-refractivity contribution in [2.45, 2.75) is 45.6 Å². The van der Waals surface area contributed by atoms with E-state index in [1.165, 1.54) is 13.2 Å². The van der Waals surface area contributed by atoms with Gasteiger partial charge >= 0.3 is 6.09 Å². The number of anilines is 1. The van der Waals surface area contributed by atoms with E-state index in [1.807, 2.05) is 0 Å². The minimum atomic E-state index is -0.786. The summed E-state index contributed by atoms with van der Waals surface area (Å²) in [6.45, 7) is 8.66. The number of phenolic OH excluding ortho intramolecular Hbond substituents is 1. The molecule has 0 aliphatic rings. The van der Waals surface area contributed by atoms with E-state index in [-0.39, 0.29) is 17.2 Å². The van der Waals surface area contributed by atoms with Gasteiger partial charge in [0.1, 0.15) is 11.9 Å². The van der Waals surface area contributed by atoms with Gasteiger partial charge in [-0.3, -0.25) is 5.32 Å². The molecule has 0 aliphatic heterocycles. The van der Waals surface area contributed by atoms with Crippen LogP contribution >= 0.6 is 0 Å². The maximum atomic E-state index is 11.9. The predicted octanol–water partition coefficient (Wildman–Crippen LogP) is 3.22. The molecular weight excluding hydrogens is 286 g/mol. The molecule has 0 aliphatic carbocycles. The smallest absolute Gasteiger partial charge is 0.412 e. The normalized spacial score (nSPS) is 11.7. The zero-order valence-corrected chi connectivity index (χ0v) is 13.8. The van der Waals surface area contributed by atoms with Crippen LogP contribution in [0.15, 0.2) is 12.1 Å². The number of nitrogens with one attached hydrogen (secondary N) is 1. The first-order valence-electron chi connectivity index (χ1n) is 6.88. The van der Waals surface area contributed by atoms with Gasteiger partial charge in [0.25, 0.3) is 0 Å². The lowest BCUT2D eigenvalue weighted by atomic mass is 9.86. The SMILES string of the molecule is COc1cc(C(C)(C)C=O)cc(NC(=O)OC(C)(C)C)c1O. The molecule has 1 amide bonds. The number of hydrogen-bond donors (Lipinski definition) is 2. The summed E-state index contributed by atoms with van der Waals surface area (Å²) in [5.74, 6) is -0.0581. The number of aromatic hydroxyl groups is 1. The largest absolute Gasteiger partial charge is 0.503 e. The summed E-state index contributed by atoms with van der Waals surface area (Å²) in [6, 6.07) is 3.08. The average Bonchev–Trinajstić information content (AvgIpc) is 2.38. The molecule has 0 spiro atoms. The Morgan fingerprint density at radius 1 is 1.23 bits per heavy atom. The minimum Gasteiger partial charge on any atom is -0.503 e. The van der Waals surface area contributed by atoms with Crippen molar-refractivity contribution >= 4 is 18.1 Å². The zero-order valence-electron chi connectivity index (χ0n) is 13.8. The first kappa shape index (κ1) is 17.8. The minimum absolute atomic E-state index is 0.124. The molecular formula is C16H23NO5. The highest BCUT2D eigenvalue weighted by Gasteiger charge is 2.25. The molecule has 0 unspecified atom stereocenters. The topological polar surface area (TPSA) is 84.9 Å². The fraction of sp³-hybridized carbons (Fsp3) is 0.500. The third-order valence-electron chi connectivity index (χ3n) is 2.97. The van der Waals surface area contributed by atoms with Crippen LogP contribution in [0.2, 0.25) is 0 Å². The van der Waals surface area contributed by atoms with Crippen molar-refractivity contribution in [3.05, 3.63) is 17.7 Å². The molecule has 0 heterocycles. The van der Waals surface area contributed by atoms with Crippen molar-refractivity contribution in [1.29, 1.82) is 0 Å². The number of amides is 1. The van der Waals surface area contributed by atoms with Gasteiger partial charge in [-0.15, -0.1) is 0 Å². The van der Waals surface area contributed by atoms with Crippen LogP contribution < -0.4 is 10.1 Å². The van der Waals surface area contributed by atoms with E-state index >= 15 is 0 Å². The summed E-state index contributed by atoms with van der Waals surface area (Å²) >= 11 is 0. The summed E-state index contributed by atoms with van der Waals surface area (Å²) in [7, 11) is 1.39. The monoisotopic (exact) mass is 309 g/mol. The third-order valence-corrected chi connectivity index (χ3v) is 2.97. The number of methoxy groups -OCH3 is 1. The van der Waals surface area contributed by atoms with Gasteiger partial charge in [0.05, 0.1) is 12.8 Å². The predicted molar refractivity (Wildman–Crippen MR) is 83.6 cm³/mol. The second-order valence-electron chi connectivity index (χ2n) is 6.54. The van der Waals surface area contributed by atoms with Crippen molar-refractivity contribution in [2.24, 2.45) is 0 Å². The summed E-state index contributed by atoms with van der Waals surface area (Å²) in [6.07, 6.45) is 0.0849. The molecule has 122 valence electrons. The Morgan fingerprint density at radius 3 is 2.27 bits per heavy atom. The van der Waals surface area contributed by atoms with E-state index in [1.54, 1.807) is 40.7 Å². The fourth-order valence-corrected chi connectivity index (χ4v) is 1.71. The number of benzene rings is 1. The van der Waals surface area contributed by atoms with Gasteiger partial charge in [0, 0.05) is 5.41 Å². The van der Waals surface area contributed by atoms with Crippen molar-refractivity contribution in [2.75, 3.05) is 12.4 Å². The first-order valence-corrected chi connectivity index (χ1v) is 6.88. The maximum Gasteiger partial charge on any atom is 0.412 e. The summed E-state index contributed by atoms with van der Waals surface area (Å²) < 4.78 is 10.2. The lowest BCUT2D eigenvalue weighted by Crippen LogP contribution is -2.27. The molecule has 22 heavy (non-hydrogen) atoms. The Labute approximate surface area is 130 Å². The lowest BCUT2D eigenvalue weighted by molar-refractivity contribution is -0.111. The van der Waals surface area contributed by atoms with Crippen LogP contribution in [-0.4, -0.2) is 30.2 Å². The van der Waals surface area contributed by atoms with E-state index in [4.69, 9.17) is 9.47 Å². The van der Waals surface area contributed by atoms with E-state index in [0.29, 0.717) is 5.56 Å². The van der Waals surface area contributed by atoms with E-state index in [0.717, 1.165) is 6.29 Å². The van der Waals surface area contributed by atoms with Crippen molar-refractivity contribution in [3.63, 3.8) is 0 Å². The number of carbonyl (C=O) groups is 2. The Hall–Kier alpha value is -2.24. The van der Waals surface area contributed by atoms with Crippen LogP contribution in [0.5, 0.6) is 11.5 Å². The molecule has 0 bridgehead atoms. The summed E-state index contributed by atoms with van der Waals surface area (Å²) in [4.78, 5) is 23.1. The maximum absolute atomic E-state index is 11.9. The molecule has 2 N–H and O–H groups in total. The second-order valence-corrected chi connectivity index (χ2v) is 6.54. The Balaban J connectivity index is 3.21. The molecule has 1 aromatic carbocycles. The molecule has 0 atom stereocenters. The van der Waals surface area contributed by atoms with Crippen molar-refractivity contribution < 1.29 is 24.2 Å². The third kappa shape index (κ3) is 4.38. The van der Waals surface area contributed by atoms with Gasteiger partial charge in [-0.1, -0.05) is 0 Å². The number of ether oxygens (including phenoxy) is 2. The molecule has 1 rings (SSSR count). The van der Waals surface area contributed by atoms with Crippen LogP contribution in [0.4, 0.5) is 10.5 Å². The zero-order chi connectivity index (χ0) is 17.1. The lowest BCUT2D eigenvalue weighted by Gasteiger charge is -2.22. The molecule has 0 fully saturated rings. The van der Waals surface area contributed by atoms with Gasteiger partial charge in [0.2, 0.25) is 0 Å².